The molecule has 0 radical (unpaired) electrons. The van der Waals surface area contributed by atoms with E-state index in [9.17, 15) is 9.59 Å². The smallest absolute Gasteiger partial charge is 0.274 e. The lowest BCUT2D eigenvalue weighted by atomic mass is 9.88. The molecular formula is C22H21N3O4S. The molecule has 1 amide bonds. The summed E-state index contributed by atoms with van der Waals surface area (Å²) in [5, 5.41) is 9.11. The van der Waals surface area contributed by atoms with Gasteiger partial charge in [-0.1, -0.05) is 6.07 Å². The Labute approximate surface area is 177 Å². The standard InChI is InChI=1S/C22H21N3O4S/c26-21(15-3-4-18-19(12-15)29-10-9-28-18)14-5-7-25(8-6-14)22(27)17-13-16(23-24-17)20-2-1-11-30-20/h1-4,11-14H,5-10H2,(H,23,24). The zero-order chi connectivity index (χ0) is 20.5. The molecule has 2 aromatic heterocycles. The first-order valence-electron chi connectivity index (χ1n) is 10.0. The number of benzene rings is 1. The van der Waals surface area contributed by atoms with E-state index < -0.39 is 0 Å². The highest BCUT2D eigenvalue weighted by atomic mass is 32.1. The van der Waals surface area contributed by atoms with Gasteiger partial charge in [0.2, 0.25) is 0 Å². The lowest BCUT2D eigenvalue weighted by molar-refractivity contribution is 0.0645. The van der Waals surface area contributed by atoms with Gasteiger partial charge in [0, 0.05) is 24.6 Å². The third-order valence-electron chi connectivity index (χ3n) is 5.56. The number of H-pyrrole nitrogens is 1. The van der Waals surface area contributed by atoms with Gasteiger partial charge in [0.1, 0.15) is 13.2 Å². The van der Waals surface area contributed by atoms with Crippen molar-refractivity contribution in [2.24, 2.45) is 5.92 Å². The topological polar surface area (TPSA) is 84.5 Å². The molecule has 0 spiro atoms. The number of aromatic nitrogens is 2. The second kappa shape index (κ2) is 7.95. The lowest BCUT2D eigenvalue weighted by Crippen LogP contribution is -2.40. The van der Waals surface area contributed by atoms with E-state index in [0.29, 0.717) is 61.9 Å². The number of nitrogens with zero attached hydrogens (tertiary/aromatic N) is 2. The number of amides is 1. The Morgan fingerprint density at radius 3 is 2.63 bits per heavy atom. The van der Waals surface area contributed by atoms with Crippen molar-refractivity contribution in [3.63, 3.8) is 0 Å². The Balaban J connectivity index is 1.22. The van der Waals surface area contributed by atoms with Gasteiger partial charge in [-0.05, 0) is 48.6 Å². The molecule has 1 aromatic carbocycles. The second-order valence-corrected chi connectivity index (χ2v) is 8.38. The summed E-state index contributed by atoms with van der Waals surface area (Å²) in [6.45, 7) is 2.10. The van der Waals surface area contributed by atoms with E-state index >= 15 is 0 Å². The molecule has 8 heteroatoms. The summed E-state index contributed by atoms with van der Waals surface area (Å²) in [5.41, 5.74) is 1.89. The number of nitrogens with one attached hydrogen (secondary N) is 1. The van der Waals surface area contributed by atoms with Crippen LogP contribution in [0.1, 0.15) is 33.7 Å². The molecule has 1 saturated heterocycles. The van der Waals surface area contributed by atoms with E-state index in [1.54, 1.807) is 40.5 Å². The van der Waals surface area contributed by atoms with Gasteiger partial charge in [-0.3, -0.25) is 14.7 Å². The lowest BCUT2D eigenvalue weighted by Gasteiger charge is -2.31. The number of ketones is 1. The third-order valence-corrected chi connectivity index (χ3v) is 6.47. The highest BCUT2D eigenvalue weighted by molar-refractivity contribution is 7.13. The maximum absolute atomic E-state index is 13.0. The van der Waals surface area contributed by atoms with Crippen LogP contribution < -0.4 is 9.47 Å². The molecule has 0 saturated carbocycles. The highest BCUT2D eigenvalue weighted by Gasteiger charge is 2.30. The second-order valence-electron chi connectivity index (χ2n) is 7.43. The van der Waals surface area contributed by atoms with Crippen LogP contribution >= 0.6 is 11.3 Å². The predicted molar refractivity (Wildman–Crippen MR) is 112 cm³/mol. The molecule has 5 rings (SSSR count). The molecule has 4 heterocycles. The zero-order valence-electron chi connectivity index (χ0n) is 16.3. The number of hydrogen-bond donors (Lipinski definition) is 1. The molecule has 0 atom stereocenters. The number of carbonyl (C=O) groups excluding carboxylic acids is 2. The average molecular weight is 423 g/mol. The van der Waals surface area contributed by atoms with Crippen molar-refractivity contribution < 1.29 is 19.1 Å². The van der Waals surface area contributed by atoms with Crippen LogP contribution in [0.15, 0.2) is 41.8 Å². The number of rotatable bonds is 4. The number of Topliss-reactive ketones (excluding diaryl/α,β-unsaturated/α-hetero) is 1. The third kappa shape index (κ3) is 3.59. The van der Waals surface area contributed by atoms with Crippen LogP contribution in [-0.2, 0) is 0 Å². The van der Waals surface area contributed by atoms with Crippen LogP contribution in [0.5, 0.6) is 11.5 Å². The number of carbonyl (C=O) groups is 2. The van der Waals surface area contributed by atoms with Gasteiger partial charge in [-0.2, -0.15) is 5.10 Å². The van der Waals surface area contributed by atoms with Crippen molar-refractivity contribution in [1.29, 1.82) is 0 Å². The summed E-state index contributed by atoms with van der Waals surface area (Å²) in [4.78, 5) is 28.6. The number of aromatic amines is 1. The van der Waals surface area contributed by atoms with Crippen molar-refractivity contribution in [2.75, 3.05) is 26.3 Å². The Morgan fingerprint density at radius 2 is 1.87 bits per heavy atom. The van der Waals surface area contributed by atoms with Gasteiger partial charge in [0.05, 0.1) is 10.6 Å². The first-order valence-corrected chi connectivity index (χ1v) is 10.9. The maximum Gasteiger partial charge on any atom is 0.274 e. The minimum atomic E-state index is -0.0996. The van der Waals surface area contributed by atoms with Crippen LogP contribution in [0.4, 0.5) is 0 Å². The summed E-state index contributed by atoms with van der Waals surface area (Å²) >= 11 is 1.60. The number of fused-ring (bicyclic) bond motifs is 1. The molecule has 2 aliphatic rings. The van der Waals surface area contributed by atoms with E-state index in [1.807, 2.05) is 17.5 Å². The SMILES string of the molecule is O=C(c1ccc2c(c1)OCCO2)C1CCN(C(=O)c2cc(-c3cccs3)[nH]n2)CC1. The summed E-state index contributed by atoms with van der Waals surface area (Å²) in [6.07, 6.45) is 1.28. The van der Waals surface area contributed by atoms with E-state index in [2.05, 4.69) is 10.2 Å². The van der Waals surface area contributed by atoms with Crippen LogP contribution in [0.3, 0.4) is 0 Å². The molecule has 1 fully saturated rings. The average Bonchev–Trinajstić information content (AvgIpc) is 3.50. The Bertz CT molecular complexity index is 1070. The van der Waals surface area contributed by atoms with Gasteiger partial charge < -0.3 is 14.4 Å². The van der Waals surface area contributed by atoms with Gasteiger partial charge in [-0.15, -0.1) is 11.3 Å². The highest BCUT2D eigenvalue weighted by Crippen LogP contribution is 2.33. The van der Waals surface area contributed by atoms with Crippen molar-refractivity contribution in [2.45, 2.75) is 12.8 Å². The van der Waals surface area contributed by atoms with E-state index in [1.165, 1.54) is 0 Å². The number of piperidine rings is 1. The van der Waals surface area contributed by atoms with Gasteiger partial charge >= 0.3 is 0 Å². The summed E-state index contributed by atoms with van der Waals surface area (Å²) < 4.78 is 11.1. The fourth-order valence-electron chi connectivity index (χ4n) is 3.93. The van der Waals surface area contributed by atoms with Crippen molar-refractivity contribution in [1.82, 2.24) is 15.1 Å². The maximum atomic E-state index is 13.0. The summed E-state index contributed by atoms with van der Waals surface area (Å²) in [6, 6.07) is 11.1. The largest absolute Gasteiger partial charge is 0.486 e. The van der Waals surface area contributed by atoms with Crippen LogP contribution in [-0.4, -0.2) is 53.1 Å². The van der Waals surface area contributed by atoms with Crippen LogP contribution in [0.2, 0.25) is 0 Å². The van der Waals surface area contributed by atoms with E-state index in [-0.39, 0.29) is 17.6 Å². The first-order chi connectivity index (χ1) is 14.7. The Hall–Kier alpha value is -3.13. The molecular weight excluding hydrogens is 402 g/mol. The fourth-order valence-corrected chi connectivity index (χ4v) is 4.62. The molecule has 30 heavy (non-hydrogen) atoms. The molecule has 0 bridgehead atoms. The number of likely N-dealkylation sites (tertiary alicyclic amines) is 1. The normalized spacial score (nSPS) is 16.5. The molecule has 0 unspecified atom stereocenters. The van der Waals surface area contributed by atoms with E-state index in [4.69, 9.17) is 9.47 Å². The van der Waals surface area contributed by atoms with Crippen LogP contribution in [0, 0.1) is 5.92 Å². The molecule has 1 N–H and O–H groups in total. The monoisotopic (exact) mass is 423 g/mol. The van der Waals surface area contributed by atoms with Gasteiger partial charge in [0.25, 0.3) is 5.91 Å². The molecule has 3 aromatic rings. The predicted octanol–water partition coefficient (Wildman–Crippen LogP) is 3.64. The van der Waals surface area contributed by atoms with Crippen molar-refractivity contribution in [3.05, 3.63) is 53.0 Å². The molecule has 0 aliphatic carbocycles. The fraction of sp³-hybridized carbons (Fsp3) is 0.318. The number of hydrogen-bond acceptors (Lipinski definition) is 6. The molecule has 154 valence electrons. The molecule has 2 aliphatic heterocycles. The number of thiophene rings is 1. The quantitative estimate of drug-likeness (QED) is 0.648. The molecule has 7 nitrogen and oxygen atoms in total. The Kier molecular flexibility index (Phi) is 5.00. The van der Waals surface area contributed by atoms with Crippen molar-refractivity contribution >= 4 is 23.0 Å². The summed E-state index contributed by atoms with van der Waals surface area (Å²) in [5.74, 6) is 1.20. The van der Waals surface area contributed by atoms with E-state index in [0.717, 1.165) is 10.6 Å². The van der Waals surface area contributed by atoms with Gasteiger partial charge in [0.15, 0.2) is 23.0 Å². The summed E-state index contributed by atoms with van der Waals surface area (Å²) in [7, 11) is 0. The van der Waals surface area contributed by atoms with Crippen LogP contribution in [0.25, 0.3) is 10.6 Å². The minimum absolute atomic E-state index is 0.0961. The van der Waals surface area contributed by atoms with Crippen molar-refractivity contribution in [3.8, 4) is 22.1 Å². The Morgan fingerprint density at radius 1 is 1.07 bits per heavy atom. The zero-order valence-corrected chi connectivity index (χ0v) is 17.1. The number of ether oxygens (including phenoxy) is 2. The first kappa shape index (κ1) is 18.9. The van der Waals surface area contributed by atoms with Gasteiger partial charge in [-0.25, -0.2) is 0 Å². The minimum Gasteiger partial charge on any atom is -0.486 e.